The predicted molar refractivity (Wildman–Crippen MR) is 112 cm³/mol. The Balaban J connectivity index is 1.49. The number of rotatable bonds is 5. The van der Waals surface area contributed by atoms with Crippen LogP contribution in [0, 0.1) is 0 Å². The van der Waals surface area contributed by atoms with Crippen LogP contribution in [0.5, 0.6) is 0 Å². The van der Waals surface area contributed by atoms with Gasteiger partial charge in [0.05, 0.1) is 11.3 Å². The zero-order chi connectivity index (χ0) is 21.7. The molecule has 0 unspecified atom stereocenters. The van der Waals surface area contributed by atoms with Crippen molar-refractivity contribution in [3.05, 3.63) is 54.1 Å². The van der Waals surface area contributed by atoms with Gasteiger partial charge in [-0.15, -0.1) is 11.8 Å². The monoisotopic (exact) mass is 437 g/mol. The summed E-state index contributed by atoms with van der Waals surface area (Å²) in [4.78, 5) is 28.1. The molecule has 3 rings (SSSR count). The molecule has 1 fully saturated rings. The van der Waals surface area contributed by atoms with Crippen molar-refractivity contribution in [1.82, 2.24) is 4.90 Å². The number of hydrogen-bond acceptors (Lipinski definition) is 4. The van der Waals surface area contributed by atoms with Gasteiger partial charge in [-0.05, 0) is 42.5 Å². The molecule has 0 spiro atoms. The Hall–Kier alpha value is -2.68. The number of amides is 2. The van der Waals surface area contributed by atoms with Crippen LogP contribution >= 0.6 is 11.8 Å². The number of nitrogens with zero attached hydrogens (tertiary/aromatic N) is 2. The third-order valence-electron chi connectivity index (χ3n) is 4.71. The van der Waals surface area contributed by atoms with E-state index in [1.165, 1.54) is 24.8 Å². The van der Waals surface area contributed by atoms with Crippen LogP contribution < -0.4 is 10.2 Å². The molecule has 0 aliphatic carbocycles. The molecule has 1 saturated heterocycles. The van der Waals surface area contributed by atoms with Gasteiger partial charge in [0.15, 0.2) is 0 Å². The second kappa shape index (κ2) is 9.42. The van der Waals surface area contributed by atoms with Crippen molar-refractivity contribution >= 4 is 35.0 Å². The van der Waals surface area contributed by atoms with E-state index in [2.05, 4.69) is 5.32 Å². The first-order valence-electron chi connectivity index (χ1n) is 9.43. The summed E-state index contributed by atoms with van der Waals surface area (Å²) >= 11 is 1.41. The quantitative estimate of drug-likeness (QED) is 0.716. The highest BCUT2D eigenvalue weighted by Crippen LogP contribution is 2.32. The third-order valence-corrected chi connectivity index (χ3v) is 5.70. The molecule has 30 heavy (non-hydrogen) atoms. The maximum absolute atomic E-state index is 12.9. The number of carbonyl (C=O) groups excluding carboxylic acids is 2. The summed E-state index contributed by atoms with van der Waals surface area (Å²) in [5, 5.41) is 2.69. The zero-order valence-corrected chi connectivity index (χ0v) is 17.2. The summed E-state index contributed by atoms with van der Waals surface area (Å²) in [7, 11) is 0. The minimum absolute atomic E-state index is 0.00497. The summed E-state index contributed by atoms with van der Waals surface area (Å²) < 4.78 is 38.7. The lowest BCUT2D eigenvalue weighted by Crippen LogP contribution is -2.49. The van der Waals surface area contributed by atoms with Crippen LogP contribution in [0.3, 0.4) is 0 Å². The van der Waals surface area contributed by atoms with Gasteiger partial charge in [-0.3, -0.25) is 9.59 Å². The van der Waals surface area contributed by atoms with Crippen LogP contribution in [0.25, 0.3) is 0 Å². The molecule has 2 amide bonds. The summed E-state index contributed by atoms with van der Waals surface area (Å²) in [5.74, 6) is 0.132. The van der Waals surface area contributed by atoms with Gasteiger partial charge < -0.3 is 15.1 Å². The largest absolute Gasteiger partial charge is 0.416 e. The van der Waals surface area contributed by atoms with Gasteiger partial charge in [0.2, 0.25) is 11.8 Å². The Labute approximate surface area is 177 Å². The van der Waals surface area contributed by atoms with E-state index in [0.717, 1.165) is 17.0 Å². The van der Waals surface area contributed by atoms with Crippen LogP contribution in [0.15, 0.2) is 53.4 Å². The van der Waals surface area contributed by atoms with Gasteiger partial charge in [0.1, 0.15) is 0 Å². The molecule has 5 nitrogen and oxygen atoms in total. The van der Waals surface area contributed by atoms with Crippen molar-refractivity contribution in [2.75, 3.05) is 42.1 Å². The highest BCUT2D eigenvalue weighted by Gasteiger charge is 2.31. The molecule has 2 aromatic carbocycles. The highest BCUT2D eigenvalue weighted by molar-refractivity contribution is 8.00. The average Bonchev–Trinajstić information content (AvgIpc) is 2.72. The number of carbonyl (C=O) groups is 2. The average molecular weight is 437 g/mol. The van der Waals surface area contributed by atoms with Crippen molar-refractivity contribution in [1.29, 1.82) is 0 Å². The molecule has 0 saturated carbocycles. The standard InChI is InChI=1S/C21H22F3N3O2S/c1-15(28)25-17-5-7-19(8-6-17)30-14-20(29)27-11-9-26(10-12-27)18-4-2-3-16(13-18)21(22,23)24/h2-8,13H,9-12,14H2,1H3,(H,25,28). The number of halogens is 3. The lowest BCUT2D eigenvalue weighted by molar-refractivity contribution is -0.137. The normalized spacial score (nSPS) is 14.5. The zero-order valence-electron chi connectivity index (χ0n) is 16.4. The minimum Gasteiger partial charge on any atom is -0.368 e. The van der Waals surface area contributed by atoms with Crippen LogP contribution in [-0.2, 0) is 15.8 Å². The Morgan fingerprint density at radius 1 is 1.03 bits per heavy atom. The fourth-order valence-corrected chi connectivity index (χ4v) is 3.97. The number of anilines is 2. The van der Waals surface area contributed by atoms with Gasteiger partial charge in [-0.1, -0.05) is 6.07 Å². The molecule has 1 aliphatic rings. The molecule has 0 radical (unpaired) electrons. The van der Waals surface area contributed by atoms with Crippen molar-refractivity contribution in [2.24, 2.45) is 0 Å². The van der Waals surface area contributed by atoms with E-state index in [9.17, 15) is 22.8 Å². The number of alkyl halides is 3. The maximum atomic E-state index is 12.9. The Kier molecular flexibility index (Phi) is 6.91. The van der Waals surface area contributed by atoms with Crippen LogP contribution in [0.1, 0.15) is 12.5 Å². The van der Waals surface area contributed by atoms with Crippen molar-refractivity contribution in [2.45, 2.75) is 18.0 Å². The van der Waals surface area contributed by atoms with Crippen molar-refractivity contribution < 1.29 is 22.8 Å². The second-order valence-electron chi connectivity index (χ2n) is 6.91. The van der Waals surface area contributed by atoms with Crippen LogP contribution in [0.2, 0.25) is 0 Å². The molecular formula is C21H22F3N3O2S. The van der Waals surface area contributed by atoms with Gasteiger partial charge in [0.25, 0.3) is 0 Å². The maximum Gasteiger partial charge on any atom is 0.416 e. The first-order chi connectivity index (χ1) is 14.2. The molecule has 1 heterocycles. The Morgan fingerprint density at radius 2 is 1.70 bits per heavy atom. The van der Waals surface area contributed by atoms with E-state index in [0.29, 0.717) is 37.6 Å². The molecule has 0 atom stereocenters. The van der Waals surface area contributed by atoms with E-state index in [1.807, 2.05) is 17.0 Å². The molecule has 9 heteroatoms. The van der Waals surface area contributed by atoms with E-state index in [1.54, 1.807) is 23.1 Å². The van der Waals surface area contributed by atoms with Crippen LogP contribution in [0.4, 0.5) is 24.5 Å². The first-order valence-corrected chi connectivity index (χ1v) is 10.4. The third kappa shape index (κ3) is 5.91. The topological polar surface area (TPSA) is 52.7 Å². The van der Waals surface area contributed by atoms with Crippen LogP contribution in [-0.4, -0.2) is 48.6 Å². The SMILES string of the molecule is CC(=O)Nc1ccc(SCC(=O)N2CCN(c3cccc(C(F)(F)F)c3)CC2)cc1. The van der Waals surface area contributed by atoms with E-state index in [-0.39, 0.29) is 17.6 Å². The molecule has 1 N–H and O–H groups in total. The molecule has 2 aromatic rings. The van der Waals surface area contributed by atoms with Gasteiger partial charge >= 0.3 is 6.18 Å². The number of hydrogen-bond donors (Lipinski definition) is 1. The minimum atomic E-state index is -4.37. The summed E-state index contributed by atoms with van der Waals surface area (Å²) in [5.41, 5.74) is 0.550. The number of nitrogens with one attached hydrogen (secondary N) is 1. The first kappa shape index (κ1) is 22.0. The molecule has 0 aromatic heterocycles. The Morgan fingerprint density at radius 3 is 2.30 bits per heavy atom. The lowest BCUT2D eigenvalue weighted by atomic mass is 10.1. The predicted octanol–water partition coefficient (Wildman–Crippen LogP) is 4.10. The summed E-state index contributed by atoms with van der Waals surface area (Å²) in [6, 6.07) is 12.5. The lowest BCUT2D eigenvalue weighted by Gasteiger charge is -2.36. The van der Waals surface area contributed by atoms with Crippen molar-refractivity contribution in [3.8, 4) is 0 Å². The fraction of sp³-hybridized carbons (Fsp3) is 0.333. The van der Waals surface area contributed by atoms with Gasteiger partial charge in [-0.2, -0.15) is 13.2 Å². The van der Waals surface area contributed by atoms with E-state index >= 15 is 0 Å². The number of benzene rings is 2. The summed E-state index contributed by atoms with van der Waals surface area (Å²) in [6.07, 6.45) is -4.37. The fourth-order valence-electron chi connectivity index (χ4n) is 3.17. The Bertz CT molecular complexity index is 895. The smallest absolute Gasteiger partial charge is 0.368 e. The van der Waals surface area contributed by atoms with Gasteiger partial charge in [-0.25, -0.2) is 0 Å². The molecular weight excluding hydrogens is 415 g/mol. The molecule has 1 aliphatic heterocycles. The van der Waals surface area contributed by atoms with Gasteiger partial charge in [0, 0.05) is 49.4 Å². The number of piperazine rings is 1. The number of thioether (sulfide) groups is 1. The summed E-state index contributed by atoms with van der Waals surface area (Å²) in [6.45, 7) is 3.36. The highest BCUT2D eigenvalue weighted by atomic mass is 32.2. The van der Waals surface area contributed by atoms with E-state index in [4.69, 9.17) is 0 Å². The molecule has 160 valence electrons. The second-order valence-corrected chi connectivity index (χ2v) is 7.96. The van der Waals surface area contributed by atoms with Crippen molar-refractivity contribution in [3.63, 3.8) is 0 Å². The van der Waals surface area contributed by atoms with E-state index < -0.39 is 11.7 Å². The molecule has 0 bridgehead atoms.